The number of aromatic nitrogens is 3. The van der Waals surface area contributed by atoms with Crippen LogP contribution >= 0.6 is 24.2 Å². The number of nitrogens with zero attached hydrogens (tertiary/aromatic N) is 3. The topological polar surface area (TPSA) is 95.2 Å². The summed E-state index contributed by atoms with van der Waals surface area (Å²) in [5.41, 5.74) is 3.46. The van der Waals surface area contributed by atoms with Gasteiger partial charge in [-0.2, -0.15) is 12.6 Å². The molecule has 212 valence electrons. The van der Waals surface area contributed by atoms with Crippen LogP contribution in [0.4, 0.5) is 11.6 Å². The average Bonchev–Trinajstić information content (AvgIpc) is 3.35. The van der Waals surface area contributed by atoms with Gasteiger partial charge in [-0.1, -0.05) is 29.8 Å². The summed E-state index contributed by atoms with van der Waals surface area (Å²) in [7, 11) is 4.08. The van der Waals surface area contributed by atoms with E-state index in [0.717, 1.165) is 65.9 Å². The summed E-state index contributed by atoms with van der Waals surface area (Å²) in [5.74, 6) is 2.22. The number of fused-ring (bicyclic) bond motifs is 1. The minimum Gasteiger partial charge on any atom is -0.490 e. The number of ether oxygens (including phenoxy) is 1. The standard InChI is InChI=1S/C26H26ClN5O2.C4H11NS/c1-16(33)30-17-9-11-19(12-10-17)34-20-6-4-5-18(13-20)31-26-29-15-23(27)25(32-26)22-14-28-24-8-3-2-7-21(22)24;1-5(2)3-4-6/h2-3,7-12,14-15,18,20,28H,4-6,13H2,1H3,(H,30,33)(H,29,31,32);6H,3-4H2,1-2H3/t18-,20-;/m1./s1. The van der Waals surface area contributed by atoms with Gasteiger partial charge < -0.3 is 25.3 Å². The second kappa shape index (κ2) is 14.4. The summed E-state index contributed by atoms with van der Waals surface area (Å²) < 4.78 is 6.21. The minimum atomic E-state index is -0.0906. The lowest BCUT2D eigenvalue weighted by atomic mass is 9.93. The lowest BCUT2D eigenvalue weighted by Gasteiger charge is -2.30. The molecule has 10 heteroatoms. The third-order valence-corrected chi connectivity index (χ3v) is 7.05. The number of H-pyrrole nitrogens is 1. The second-order valence-electron chi connectivity index (χ2n) is 10.1. The van der Waals surface area contributed by atoms with Crippen molar-refractivity contribution in [1.29, 1.82) is 0 Å². The summed E-state index contributed by atoms with van der Waals surface area (Å²) in [5, 5.41) is 7.85. The first-order valence-corrected chi connectivity index (χ1v) is 14.5. The molecule has 40 heavy (non-hydrogen) atoms. The average molecular weight is 581 g/mol. The van der Waals surface area contributed by atoms with E-state index in [4.69, 9.17) is 21.3 Å². The molecule has 2 aromatic carbocycles. The van der Waals surface area contributed by atoms with E-state index in [0.29, 0.717) is 16.7 Å². The Balaban J connectivity index is 0.000000557. The Hall–Kier alpha value is -3.27. The SMILES string of the molecule is CC(=O)Nc1ccc(O[C@@H]2CCC[C@@H](Nc3ncc(Cl)c(-c4c[nH]c5ccccc45)n3)C2)cc1.CN(C)CCS. The third kappa shape index (κ3) is 8.36. The van der Waals surface area contributed by atoms with Gasteiger partial charge in [0.05, 0.1) is 16.9 Å². The molecule has 1 fully saturated rings. The fourth-order valence-corrected chi connectivity index (χ4v) is 5.26. The molecule has 4 aromatic rings. The van der Waals surface area contributed by atoms with Crippen LogP contribution < -0.4 is 15.4 Å². The number of carbonyl (C=O) groups excluding carboxylic acids is 1. The van der Waals surface area contributed by atoms with Gasteiger partial charge in [0, 0.05) is 60.0 Å². The number of aromatic amines is 1. The maximum Gasteiger partial charge on any atom is 0.223 e. The maximum atomic E-state index is 11.2. The molecule has 0 saturated heterocycles. The molecule has 1 saturated carbocycles. The molecule has 0 radical (unpaired) electrons. The van der Waals surface area contributed by atoms with E-state index in [-0.39, 0.29) is 18.1 Å². The molecule has 3 N–H and O–H groups in total. The lowest BCUT2D eigenvalue weighted by molar-refractivity contribution is -0.114. The number of para-hydroxylation sites is 1. The Morgan fingerprint density at radius 3 is 2.65 bits per heavy atom. The van der Waals surface area contributed by atoms with Gasteiger partial charge in [0.15, 0.2) is 0 Å². The van der Waals surface area contributed by atoms with Crippen LogP contribution in [0.3, 0.4) is 0 Å². The van der Waals surface area contributed by atoms with Crippen molar-refractivity contribution in [2.75, 3.05) is 37.0 Å². The van der Waals surface area contributed by atoms with Crippen LogP contribution in [-0.4, -0.2) is 64.3 Å². The minimum absolute atomic E-state index is 0.0906. The van der Waals surface area contributed by atoms with Crippen LogP contribution in [0, 0.1) is 0 Å². The second-order valence-corrected chi connectivity index (χ2v) is 11.0. The Morgan fingerprint density at radius 1 is 1.18 bits per heavy atom. The molecule has 5 rings (SSSR count). The van der Waals surface area contributed by atoms with Gasteiger partial charge in [-0.05, 0) is 63.7 Å². The van der Waals surface area contributed by atoms with Crippen LogP contribution in [0.25, 0.3) is 22.2 Å². The van der Waals surface area contributed by atoms with Gasteiger partial charge >= 0.3 is 0 Å². The van der Waals surface area contributed by atoms with Gasteiger partial charge in [-0.3, -0.25) is 4.79 Å². The Labute approximate surface area is 246 Å². The highest BCUT2D eigenvalue weighted by molar-refractivity contribution is 7.80. The predicted octanol–water partition coefficient (Wildman–Crippen LogP) is 6.52. The van der Waals surface area contributed by atoms with Crippen molar-refractivity contribution in [3.63, 3.8) is 0 Å². The number of hydrogen-bond acceptors (Lipinski definition) is 7. The van der Waals surface area contributed by atoms with E-state index in [1.54, 1.807) is 6.20 Å². The van der Waals surface area contributed by atoms with Crippen LogP contribution in [0.5, 0.6) is 5.75 Å². The van der Waals surface area contributed by atoms with Gasteiger partial charge in [0.25, 0.3) is 0 Å². The van der Waals surface area contributed by atoms with E-state index in [9.17, 15) is 4.79 Å². The highest BCUT2D eigenvalue weighted by Gasteiger charge is 2.24. The maximum absolute atomic E-state index is 11.2. The number of anilines is 2. The van der Waals surface area contributed by atoms with Crippen molar-refractivity contribution in [1.82, 2.24) is 19.9 Å². The van der Waals surface area contributed by atoms with Crippen LogP contribution in [0.15, 0.2) is 60.9 Å². The molecular formula is C30H37ClN6O2S. The number of benzene rings is 2. The molecule has 1 aliphatic rings. The zero-order valence-electron chi connectivity index (χ0n) is 23.2. The highest BCUT2D eigenvalue weighted by atomic mass is 35.5. The van der Waals surface area contributed by atoms with Crippen LogP contribution in [-0.2, 0) is 4.79 Å². The monoisotopic (exact) mass is 580 g/mol. The van der Waals surface area contributed by atoms with Crippen molar-refractivity contribution >= 4 is 52.7 Å². The molecule has 2 aromatic heterocycles. The van der Waals surface area contributed by atoms with E-state index in [1.165, 1.54) is 6.92 Å². The summed E-state index contributed by atoms with van der Waals surface area (Å²) in [6, 6.07) is 15.8. The number of rotatable bonds is 8. The van der Waals surface area contributed by atoms with E-state index >= 15 is 0 Å². The summed E-state index contributed by atoms with van der Waals surface area (Å²) in [6.45, 7) is 2.57. The normalized spacial score (nSPS) is 16.8. The molecule has 1 amide bonds. The van der Waals surface area contributed by atoms with Gasteiger partial charge in [-0.15, -0.1) is 0 Å². The molecule has 0 aliphatic heterocycles. The largest absolute Gasteiger partial charge is 0.490 e. The lowest BCUT2D eigenvalue weighted by Crippen LogP contribution is -2.33. The van der Waals surface area contributed by atoms with Gasteiger partial charge in [0.2, 0.25) is 11.9 Å². The van der Waals surface area contributed by atoms with Crippen molar-refractivity contribution in [3.8, 4) is 17.0 Å². The first-order chi connectivity index (χ1) is 19.3. The summed E-state index contributed by atoms with van der Waals surface area (Å²) in [4.78, 5) is 25.8. The molecule has 2 atom stereocenters. The molecule has 1 aliphatic carbocycles. The molecule has 0 bridgehead atoms. The van der Waals surface area contributed by atoms with Crippen molar-refractivity contribution in [2.45, 2.75) is 44.8 Å². The fraction of sp³-hybridized carbons (Fsp3) is 0.367. The van der Waals surface area contributed by atoms with E-state index in [2.05, 4.69) is 44.2 Å². The smallest absolute Gasteiger partial charge is 0.223 e. The third-order valence-electron chi connectivity index (χ3n) is 6.57. The first-order valence-electron chi connectivity index (χ1n) is 13.5. The van der Waals surface area contributed by atoms with Crippen molar-refractivity contribution in [3.05, 3.63) is 65.9 Å². The van der Waals surface area contributed by atoms with Gasteiger partial charge in [0.1, 0.15) is 11.9 Å². The van der Waals surface area contributed by atoms with E-state index < -0.39 is 0 Å². The van der Waals surface area contributed by atoms with Crippen molar-refractivity contribution < 1.29 is 9.53 Å². The number of amides is 1. The fourth-order valence-electron chi connectivity index (χ4n) is 4.67. The van der Waals surface area contributed by atoms with Gasteiger partial charge in [-0.25, -0.2) is 9.97 Å². The zero-order valence-corrected chi connectivity index (χ0v) is 24.8. The number of carbonyl (C=O) groups is 1. The van der Waals surface area contributed by atoms with Crippen LogP contribution in [0.2, 0.25) is 5.02 Å². The molecule has 8 nitrogen and oxygen atoms in total. The predicted molar refractivity (Wildman–Crippen MR) is 168 cm³/mol. The molecule has 0 unspecified atom stereocenters. The molecule has 0 spiro atoms. The number of hydrogen-bond donors (Lipinski definition) is 4. The Kier molecular flexibility index (Phi) is 10.7. The van der Waals surface area contributed by atoms with Crippen LogP contribution in [0.1, 0.15) is 32.6 Å². The molecule has 2 heterocycles. The van der Waals surface area contributed by atoms with E-state index in [1.807, 2.05) is 62.8 Å². The highest BCUT2D eigenvalue weighted by Crippen LogP contribution is 2.33. The Bertz CT molecular complexity index is 1390. The Morgan fingerprint density at radius 2 is 1.95 bits per heavy atom. The quantitative estimate of drug-likeness (QED) is 0.177. The first kappa shape index (κ1) is 29.7. The number of nitrogens with one attached hydrogen (secondary N) is 3. The summed E-state index contributed by atoms with van der Waals surface area (Å²) >= 11 is 10.5. The summed E-state index contributed by atoms with van der Waals surface area (Å²) in [6.07, 6.45) is 7.60. The molecular weight excluding hydrogens is 544 g/mol. The number of thiol groups is 1. The zero-order chi connectivity index (χ0) is 28.5. The number of halogens is 1. The van der Waals surface area contributed by atoms with Crippen molar-refractivity contribution in [2.24, 2.45) is 0 Å².